The van der Waals surface area contributed by atoms with Crippen LogP contribution < -0.4 is 0 Å². The molecule has 0 unspecified atom stereocenters. The number of hydrogen-bond donors (Lipinski definition) is 12. The fourth-order valence-corrected chi connectivity index (χ4v) is 7.62. The van der Waals surface area contributed by atoms with Crippen LogP contribution in [-0.2, 0) is 52.2 Å². The fourth-order valence-electron chi connectivity index (χ4n) is 7.62. The van der Waals surface area contributed by atoms with Gasteiger partial charge in [0.15, 0.2) is 31.1 Å². The zero-order valence-electron chi connectivity index (χ0n) is 34.8. The standard InChI is InChI=1S/C42H54O23/c1-18-28(50)30(52)32(54)39(57-18)62-35-19(2)58-40(33(55)31(35)53)63-37-34(56)41(59-25(16-44)36(37)60-26(48)13-7-20-3-9-22(46)10-4-20)65-42(17-45)38(29(51)24(15-43)64-42)61-27(49)14-8-21-5-11-23(47)12-6-21/h3-14,18-19,24-25,28-41,43-47,50-56H,15-17H2,1-2H3/b13-7+,14-8-/t18-,19-,24+,25+,28-,29+,30+,31-,32+,33+,34+,35-,36+,37+,38-,39-,40-,41+,42-/m0/s1. The number of ether oxygens (including phenoxy) is 9. The van der Waals surface area contributed by atoms with Gasteiger partial charge in [-0.1, -0.05) is 24.3 Å². The van der Waals surface area contributed by atoms with Crippen molar-refractivity contribution in [3.05, 3.63) is 71.8 Å². The van der Waals surface area contributed by atoms with Gasteiger partial charge in [0.25, 0.3) is 0 Å². The van der Waals surface area contributed by atoms with E-state index in [1.54, 1.807) is 0 Å². The Labute approximate surface area is 370 Å². The molecule has 19 atom stereocenters. The molecule has 360 valence electrons. The number of aromatic hydroxyl groups is 2. The first-order chi connectivity index (χ1) is 30.9. The number of aliphatic hydroxyl groups excluding tert-OH is 10. The number of carbonyl (C=O) groups excluding carboxylic acids is 2. The number of phenolic OH excluding ortho intramolecular Hbond substituents is 2. The highest BCUT2D eigenvalue weighted by Crippen LogP contribution is 2.40. The normalized spacial score (nSPS) is 40.0. The van der Waals surface area contributed by atoms with E-state index < -0.39 is 148 Å². The number of esters is 2. The minimum absolute atomic E-state index is 0.0366. The van der Waals surface area contributed by atoms with Crippen molar-refractivity contribution in [1.29, 1.82) is 0 Å². The van der Waals surface area contributed by atoms with Crippen molar-refractivity contribution in [1.82, 2.24) is 0 Å². The Kier molecular flexibility index (Phi) is 16.7. The average molecular weight is 927 g/mol. The molecule has 23 nitrogen and oxygen atoms in total. The van der Waals surface area contributed by atoms with Crippen LogP contribution in [0, 0.1) is 0 Å². The molecule has 0 amide bonds. The molecule has 0 aromatic heterocycles. The summed E-state index contributed by atoms with van der Waals surface area (Å²) in [5, 5.41) is 127. The van der Waals surface area contributed by atoms with E-state index >= 15 is 0 Å². The SMILES string of the molecule is C[C@@H]1O[C@@H](O[C@@H]2[C@@H](O)[C@@H](O)[C@H](O[C@@H]3[C@@H](O)[C@@H](O[C@]4(CO)O[C@H](CO)[C@@H](O)[C@@H]4OC(=O)/C=C\c4ccc(O)cc4)O[C@H](CO)[C@H]3OC(=O)/C=C/c3ccc(O)cc3)O[C@H]2C)[C@H](O)[C@H](O)[C@H]1O. The summed E-state index contributed by atoms with van der Waals surface area (Å²) < 4.78 is 51.6. The number of carbonyl (C=O) groups is 2. The molecule has 0 saturated carbocycles. The van der Waals surface area contributed by atoms with E-state index in [4.69, 9.17) is 42.6 Å². The molecule has 4 aliphatic rings. The van der Waals surface area contributed by atoms with E-state index in [-0.39, 0.29) is 11.5 Å². The summed E-state index contributed by atoms with van der Waals surface area (Å²) >= 11 is 0. The molecule has 6 rings (SSSR count). The second kappa shape index (κ2) is 21.6. The maximum Gasteiger partial charge on any atom is 0.331 e. The minimum Gasteiger partial charge on any atom is -0.508 e. The Hall–Kier alpha value is -4.22. The molecule has 23 heteroatoms. The Morgan fingerprint density at radius 1 is 0.569 bits per heavy atom. The van der Waals surface area contributed by atoms with E-state index in [2.05, 4.69) is 0 Å². The first-order valence-corrected chi connectivity index (χ1v) is 20.5. The Balaban J connectivity index is 1.26. The van der Waals surface area contributed by atoms with E-state index in [1.165, 1.54) is 74.5 Å². The van der Waals surface area contributed by atoms with Gasteiger partial charge in [-0.25, -0.2) is 9.59 Å². The number of phenols is 2. The molecule has 0 aliphatic carbocycles. The van der Waals surface area contributed by atoms with Gasteiger partial charge in [-0.15, -0.1) is 0 Å². The lowest BCUT2D eigenvalue weighted by molar-refractivity contribution is -0.402. The van der Waals surface area contributed by atoms with Crippen LogP contribution in [0.4, 0.5) is 0 Å². The molecule has 12 N–H and O–H groups in total. The van der Waals surface area contributed by atoms with Crippen LogP contribution in [0.3, 0.4) is 0 Å². The van der Waals surface area contributed by atoms with Crippen LogP contribution in [0.2, 0.25) is 0 Å². The zero-order valence-corrected chi connectivity index (χ0v) is 34.8. The average Bonchev–Trinajstić information content (AvgIpc) is 3.55. The molecule has 2 aromatic carbocycles. The van der Waals surface area contributed by atoms with Gasteiger partial charge in [0.2, 0.25) is 5.79 Å². The molecule has 0 radical (unpaired) electrons. The smallest absolute Gasteiger partial charge is 0.331 e. The molecule has 65 heavy (non-hydrogen) atoms. The summed E-state index contributed by atoms with van der Waals surface area (Å²) in [4.78, 5) is 26.3. The third-order valence-electron chi connectivity index (χ3n) is 11.3. The molecule has 2 aromatic rings. The van der Waals surface area contributed by atoms with Crippen molar-refractivity contribution >= 4 is 24.1 Å². The van der Waals surface area contributed by atoms with Crippen molar-refractivity contribution in [2.24, 2.45) is 0 Å². The first kappa shape index (κ1) is 50.2. The van der Waals surface area contributed by atoms with Crippen LogP contribution in [0.1, 0.15) is 25.0 Å². The van der Waals surface area contributed by atoms with Crippen LogP contribution in [0.5, 0.6) is 11.5 Å². The maximum atomic E-state index is 13.3. The maximum absolute atomic E-state index is 13.3. The van der Waals surface area contributed by atoms with Gasteiger partial charge in [0, 0.05) is 12.2 Å². The number of benzene rings is 2. The fraction of sp³-hybridized carbons (Fsp3) is 0.571. The van der Waals surface area contributed by atoms with Crippen LogP contribution in [0.25, 0.3) is 12.2 Å². The second-order valence-corrected chi connectivity index (χ2v) is 15.8. The molecule has 4 aliphatic heterocycles. The zero-order chi connectivity index (χ0) is 47.3. The first-order valence-electron chi connectivity index (χ1n) is 20.5. The molecule has 0 bridgehead atoms. The van der Waals surface area contributed by atoms with Crippen molar-refractivity contribution in [2.75, 3.05) is 19.8 Å². The number of hydrogen-bond acceptors (Lipinski definition) is 23. The third-order valence-corrected chi connectivity index (χ3v) is 11.3. The van der Waals surface area contributed by atoms with Gasteiger partial charge in [-0.3, -0.25) is 0 Å². The summed E-state index contributed by atoms with van der Waals surface area (Å²) in [5.74, 6) is -4.89. The molecule has 4 heterocycles. The van der Waals surface area contributed by atoms with Gasteiger partial charge < -0.3 is 104 Å². The van der Waals surface area contributed by atoms with Crippen LogP contribution >= 0.6 is 0 Å². The van der Waals surface area contributed by atoms with Crippen LogP contribution in [0.15, 0.2) is 60.7 Å². The van der Waals surface area contributed by atoms with Crippen molar-refractivity contribution < 1.29 is 113 Å². The molecule has 4 saturated heterocycles. The highest BCUT2D eigenvalue weighted by atomic mass is 16.8. The minimum atomic E-state index is -2.62. The van der Waals surface area contributed by atoms with E-state index in [0.717, 1.165) is 12.2 Å². The van der Waals surface area contributed by atoms with Crippen LogP contribution in [-0.4, -0.2) is 209 Å². The predicted octanol–water partition coefficient (Wildman–Crippen LogP) is -3.75. The Bertz CT molecular complexity index is 1930. The highest BCUT2D eigenvalue weighted by molar-refractivity contribution is 5.87. The number of aliphatic hydroxyl groups is 10. The van der Waals surface area contributed by atoms with E-state index in [1.807, 2.05) is 0 Å². The summed E-state index contributed by atoms with van der Waals surface area (Å²) in [6.45, 7) is -0.359. The van der Waals surface area contributed by atoms with Crippen molar-refractivity contribution in [3.63, 3.8) is 0 Å². The van der Waals surface area contributed by atoms with Gasteiger partial charge in [-0.2, -0.15) is 0 Å². The Morgan fingerprint density at radius 3 is 1.62 bits per heavy atom. The summed E-state index contributed by atoms with van der Waals surface area (Å²) in [6, 6.07) is 11.3. The lowest BCUT2D eigenvalue weighted by atomic mass is 9.96. The molecular formula is C42H54O23. The van der Waals surface area contributed by atoms with Crippen molar-refractivity contribution in [3.8, 4) is 11.5 Å². The molecular weight excluding hydrogens is 872 g/mol. The third kappa shape index (κ3) is 11.3. The van der Waals surface area contributed by atoms with Gasteiger partial charge >= 0.3 is 11.9 Å². The molecule has 0 spiro atoms. The summed E-state index contributed by atoms with van der Waals surface area (Å²) in [7, 11) is 0. The second-order valence-electron chi connectivity index (χ2n) is 15.8. The van der Waals surface area contributed by atoms with E-state index in [0.29, 0.717) is 11.1 Å². The van der Waals surface area contributed by atoms with Gasteiger partial charge in [0.1, 0.15) is 85.2 Å². The van der Waals surface area contributed by atoms with Crippen molar-refractivity contribution in [2.45, 2.75) is 130 Å². The predicted molar refractivity (Wildman–Crippen MR) is 213 cm³/mol. The topological polar surface area (TPSA) is 360 Å². The largest absolute Gasteiger partial charge is 0.508 e. The summed E-state index contributed by atoms with van der Waals surface area (Å²) in [6.07, 6.45) is -26.8. The highest BCUT2D eigenvalue weighted by Gasteiger charge is 2.62. The Morgan fingerprint density at radius 2 is 1.08 bits per heavy atom. The van der Waals surface area contributed by atoms with Gasteiger partial charge in [0.05, 0.1) is 25.4 Å². The summed E-state index contributed by atoms with van der Waals surface area (Å²) in [5.41, 5.74) is 0.904. The van der Waals surface area contributed by atoms with E-state index in [9.17, 15) is 70.9 Å². The van der Waals surface area contributed by atoms with Gasteiger partial charge in [-0.05, 0) is 61.4 Å². The quantitative estimate of drug-likeness (QED) is 0.0603. The number of rotatable bonds is 15. The monoisotopic (exact) mass is 926 g/mol. The lowest BCUT2D eigenvalue weighted by Gasteiger charge is -2.49. The molecule has 4 fully saturated rings. The lowest BCUT2D eigenvalue weighted by Crippen LogP contribution is -2.67.